The highest BCUT2D eigenvalue weighted by Gasteiger charge is 2.28. The van der Waals surface area contributed by atoms with Crippen LogP contribution in [0.5, 0.6) is 0 Å². The standard InChI is InChI=1S/C19H21BrN2O3S/c1-15(23)17-4-8-19(9-5-17)26(24,25)22-12-10-21(11-13-22)14-16-2-6-18(20)7-3-16/h2-9H,10-14H2,1H3. The van der Waals surface area contributed by atoms with Crippen molar-refractivity contribution in [1.29, 1.82) is 0 Å². The second-order valence-electron chi connectivity index (χ2n) is 6.39. The maximum atomic E-state index is 12.8. The number of piperazine rings is 1. The third kappa shape index (κ3) is 4.40. The van der Waals surface area contributed by atoms with E-state index in [1.807, 2.05) is 12.1 Å². The lowest BCUT2D eigenvalue weighted by Gasteiger charge is -2.34. The van der Waals surface area contributed by atoms with Crippen LogP contribution in [0, 0.1) is 0 Å². The number of benzene rings is 2. The molecule has 2 aromatic carbocycles. The average Bonchev–Trinajstić information content (AvgIpc) is 2.64. The lowest BCUT2D eigenvalue weighted by molar-refractivity contribution is 0.101. The molecule has 0 radical (unpaired) electrons. The molecule has 3 rings (SSSR count). The third-order valence-corrected chi connectivity index (χ3v) is 6.99. The van der Waals surface area contributed by atoms with Crippen LogP contribution in [0.25, 0.3) is 0 Å². The Hall–Kier alpha value is -1.54. The quantitative estimate of drug-likeness (QED) is 0.675. The number of carbonyl (C=O) groups excluding carboxylic acids is 1. The Kier molecular flexibility index (Phi) is 5.92. The fraction of sp³-hybridized carbons (Fsp3) is 0.316. The van der Waals surface area contributed by atoms with Crippen LogP contribution in [-0.2, 0) is 16.6 Å². The van der Waals surface area contributed by atoms with E-state index in [2.05, 4.69) is 33.0 Å². The van der Waals surface area contributed by atoms with Gasteiger partial charge in [-0.3, -0.25) is 9.69 Å². The van der Waals surface area contributed by atoms with Crippen molar-refractivity contribution in [2.75, 3.05) is 26.2 Å². The summed E-state index contributed by atoms with van der Waals surface area (Å²) in [4.78, 5) is 13.8. The van der Waals surface area contributed by atoms with Crippen LogP contribution < -0.4 is 0 Å². The molecule has 2 aromatic rings. The van der Waals surface area contributed by atoms with E-state index in [0.717, 1.165) is 11.0 Å². The molecule has 0 saturated carbocycles. The minimum absolute atomic E-state index is 0.0736. The molecule has 0 bridgehead atoms. The topological polar surface area (TPSA) is 57.7 Å². The van der Waals surface area contributed by atoms with Gasteiger partial charge in [0, 0.05) is 42.8 Å². The minimum Gasteiger partial charge on any atom is -0.296 e. The Labute approximate surface area is 162 Å². The van der Waals surface area contributed by atoms with E-state index in [1.165, 1.54) is 28.9 Å². The van der Waals surface area contributed by atoms with Crippen molar-refractivity contribution in [3.05, 3.63) is 64.1 Å². The molecule has 0 amide bonds. The lowest BCUT2D eigenvalue weighted by Crippen LogP contribution is -2.48. The number of hydrogen-bond donors (Lipinski definition) is 0. The predicted molar refractivity (Wildman–Crippen MR) is 105 cm³/mol. The molecule has 0 aliphatic carbocycles. The van der Waals surface area contributed by atoms with Crippen LogP contribution >= 0.6 is 15.9 Å². The van der Waals surface area contributed by atoms with Gasteiger partial charge in [0.05, 0.1) is 4.90 Å². The Bertz CT molecular complexity index is 872. The molecule has 1 saturated heterocycles. The van der Waals surface area contributed by atoms with Gasteiger partial charge < -0.3 is 0 Å². The number of hydrogen-bond acceptors (Lipinski definition) is 4. The summed E-state index contributed by atoms with van der Waals surface area (Å²) in [5.41, 5.74) is 1.73. The van der Waals surface area contributed by atoms with Crippen LogP contribution in [0.1, 0.15) is 22.8 Å². The molecule has 5 nitrogen and oxygen atoms in total. The number of rotatable bonds is 5. The molecule has 1 heterocycles. The van der Waals surface area contributed by atoms with Crippen molar-refractivity contribution in [2.24, 2.45) is 0 Å². The zero-order valence-corrected chi connectivity index (χ0v) is 17.0. The van der Waals surface area contributed by atoms with E-state index in [1.54, 1.807) is 12.1 Å². The fourth-order valence-corrected chi connectivity index (χ4v) is 4.67. The van der Waals surface area contributed by atoms with Gasteiger partial charge in [0.15, 0.2) is 5.78 Å². The van der Waals surface area contributed by atoms with Crippen LogP contribution in [0.15, 0.2) is 57.9 Å². The zero-order valence-electron chi connectivity index (χ0n) is 14.6. The summed E-state index contributed by atoms with van der Waals surface area (Å²) in [5, 5.41) is 0. The van der Waals surface area contributed by atoms with E-state index < -0.39 is 10.0 Å². The molecule has 7 heteroatoms. The van der Waals surface area contributed by atoms with Gasteiger partial charge in [-0.1, -0.05) is 40.2 Å². The number of carbonyl (C=O) groups is 1. The van der Waals surface area contributed by atoms with Crippen LogP contribution in [0.4, 0.5) is 0 Å². The van der Waals surface area contributed by atoms with Crippen molar-refractivity contribution < 1.29 is 13.2 Å². The molecule has 26 heavy (non-hydrogen) atoms. The van der Waals surface area contributed by atoms with E-state index in [0.29, 0.717) is 31.7 Å². The molecule has 1 fully saturated rings. The first-order valence-corrected chi connectivity index (χ1v) is 10.7. The highest BCUT2D eigenvalue weighted by molar-refractivity contribution is 9.10. The van der Waals surface area contributed by atoms with Gasteiger partial charge in [0.25, 0.3) is 0 Å². The van der Waals surface area contributed by atoms with Gasteiger partial charge in [-0.25, -0.2) is 8.42 Å². The Morgan fingerprint density at radius 3 is 2.08 bits per heavy atom. The van der Waals surface area contributed by atoms with Crippen molar-refractivity contribution in [1.82, 2.24) is 9.21 Å². The smallest absolute Gasteiger partial charge is 0.243 e. The summed E-state index contributed by atoms with van der Waals surface area (Å²) >= 11 is 3.43. The molecular weight excluding hydrogens is 416 g/mol. The van der Waals surface area contributed by atoms with E-state index in [9.17, 15) is 13.2 Å². The Balaban J connectivity index is 1.62. The summed E-state index contributed by atoms with van der Waals surface area (Å²) in [5.74, 6) is -0.0736. The second-order valence-corrected chi connectivity index (χ2v) is 9.24. The van der Waals surface area contributed by atoms with Crippen LogP contribution in [0.2, 0.25) is 0 Å². The molecule has 0 atom stereocenters. The molecule has 138 valence electrons. The summed E-state index contributed by atoms with van der Waals surface area (Å²) in [6, 6.07) is 14.3. The first-order chi connectivity index (χ1) is 12.4. The minimum atomic E-state index is -3.52. The molecular formula is C19H21BrN2O3S. The molecule has 0 spiro atoms. The largest absolute Gasteiger partial charge is 0.296 e. The number of ketones is 1. The monoisotopic (exact) mass is 436 g/mol. The van der Waals surface area contributed by atoms with E-state index in [4.69, 9.17) is 0 Å². The molecule has 1 aliphatic rings. The SMILES string of the molecule is CC(=O)c1ccc(S(=O)(=O)N2CCN(Cc3ccc(Br)cc3)CC2)cc1. The van der Waals surface area contributed by atoms with Gasteiger partial charge in [0.2, 0.25) is 10.0 Å². The highest BCUT2D eigenvalue weighted by atomic mass is 79.9. The first-order valence-electron chi connectivity index (χ1n) is 8.44. The number of halogens is 1. The van der Waals surface area contributed by atoms with E-state index >= 15 is 0 Å². The van der Waals surface area contributed by atoms with Crippen molar-refractivity contribution in [3.8, 4) is 0 Å². The second kappa shape index (κ2) is 8.00. The normalized spacial score (nSPS) is 16.5. The lowest BCUT2D eigenvalue weighted by atomic mass is 10.2. The Morgan fingerprint density at radius 2 is 1.54 bits per heavy atom. The number of Topliss-reactive ketones (excluding diaryl/α,β-unsaturated/α-hetero) is 1. The van der Waals surface area contributed by atoms with Gasteiger partial charge in [-0.2, -0.15) is 4.31 Å². The van der Waals surface area contributed by atoms with Crippen molar-refractivity contribution >= 4 is 31.7 Å². The van der Waals surface area contributed by atoms with Crippen LogP contribution in [0.3, 0.4) is 0 Å². The van der Waals surface area contributed by atoms with Gasteiger partial charge >= 0.3 is 0 Å². The number of nitrogens with zero attached hydrogens (tertiary/aromatic N) is 2. The van der Waals surface area contributed by atoms with Gasteiger partial charge in [-0.15, -0.1) is 0 Å². The fourth-order valence-electron chi connectivity index (χ4n) is 2.99. The maximum absolute atomic E-state index is 12.8. The van der Waals surface area contributed by atoms with Crippen molar-refractivity contribution in [3.63, 3.8) is 0 Å². The van der Waals surface area contributed by atoms with Gasteiger partial charge in [0.1, 0.15) is 0 Å². The summed E-state index contributed by atoms with van der Waals surface area (Å²) in [6.07, 6.45) is 0. The van der Waals surface area contributed by atoms with E-state index in [-0.39, 0.29) is 10.7 Å². The molecule has 1 aliphatic heterocycles. The summed E-state index contributed by atoms with van der Waals surface area (Å²) in [6.45, 7) is 4.60. The predicted octanol–water partition coefficient (Wildman–Crippen LogP) is 3.16. The van der Waals surface area contributed by atoms with Gasteiger partial charge in [-0.05, 0) is 36.8 Å². The molecule has 0 unspecified atom stereocenters. The number of sulfonamides is 1. The maximum Gasteiger partial charge on any atom is 0.243 e. The van der Waals surface area contributed by atoms with Crippen LogP contribution in [-0.4, -0.2) is 49.6 Å². The summed E-state index contributed by atoms with van der Waals surface area (Å²) < 4.78 is 28.1. The van der Waals surface area contributed by atoms with Crippen molar-refractivity contribution in [2.45, 2.75) is 18.4 Å². The Morgan fingerprint density at radius 1 is 0.962 bits per heavy atom. The molecule has 0 N–H and O–H groups in total. The highest BCUT2D eigenvalue weighted by Crippen LogP contribution is 2.20. The zero-order chi connectivity index (χ0) is 18.7. The third-order valence-electron chi connectivity index (χ3n) is 4.55. The first kappa shape index (κ1) is 19.2. The molecule has 0 aromatic heterocycles. The average molecular weight is 437 g/mol. The summed E-state index contributed by atoms with van der Waals surface area (Å²) in [7, 11) is -3.52.